The van der Waals surface area contributed by atoms with Gasteiger partial charge in [-0.25, -0.2) is 0 Å². The third-order valence-corrected chi connectivity index (χ3v) is 3.45. The lowest BCUT2D eigenvalue weighted by Crippen LogP contribution is -2.47. The Labute approximate surface area is 121 Å². The lowest BCUT2D eigenvalue weighted by atomic mass is 10.2. The van der Waals surface area contributed by atoms with Crippen LogP contribution in [-0.4, -0.2) is 54.3 Å². The van der Waals surface area contributed by atoms with Gasteiger partial charge in [0.1, 0.15) is 5.69 Å². The molecule has 1 aromatic carbocycles. The summed E-state index contributed by atoms with van der Waals surface area (Å²) in [7, 11) is 0. The number of nitro benzene ring substituents is 1. The maximum Gasteiger partial charge on any atom is 0.292 e. The van der Waals surface area contributed by atoms with Crippen molar-refractivity contribution in [2.45, 2.75) is 0 Å². The first-order chi connectivity index (χ1) is 10.2. The second-order valence-corrected chi connectivity index (χ2v) is 4.67. The predicted octanol–water partition coefficient (Wildman–Crippen LogP) is 1.65. The van der Waals surface area contributed by atoms with Crippen molar-refractivity contribution in [2.24, 2.45) is 5.11 Å². The Morgan fingerprint density at radius 1 is 1.38 bits per heavy atom. The lowest BCUT2D eigenvalue weighted by molar-refractivity contribution is -0.384. The maximum absolute atomic E-state index is 11.2. The Morgan fingerprint density at radius 2 is 2.10 bits per heavy atom. The van der Waals surface area contributed by atoms with Crippen LogP contribution in [0.15, 0.2) is 23.3 Å². The number of anilines is 1. The van der Waals surface area contributed by atoms with Gasteiger partial charge in [0, 0.05) is 49.4 Å². The van der Waals surface area contributed by atoms with Crippen LogP contribution in [0.4, 0.5) is 17.1 Å². The Bertz CT molecular complexity index is 564. The molecule has 1 heterocycles. The summed E-state index contributed by atoms with van der Waals surface area (Å²) >= 11 is 0. The molecule has 112 valence electrons. The number of piperazine rings is 1. The van der Waals surface area contributed by atoms with E-state index >= 15 is 0 Å². The minimum absolute atomic E-state index is 0.0597. The average Bonchev–Trinajstić information content (AvgIpc) is 2.49. The first-order valence-corrected chi connectivity index (χ1v) is 6.57. The molecule has 9 nitrogen and oxygen atoms in total. The normalized spacial score (nSPS) is 15.6. The Balaban J connectivity index is 2.20. The summed E-state index contributed by atoms with van der Waals surface area (Å²) in [6, 6.07) is 4.47. The van der Waals surface area contributed by atoms with Crippen molar-refractivity contribution in [1.29, 1.82) is 0 Å². The maximum atomic E-state index is 11.2. The van der Waals surface area contributed by atoms with Crippen LogP contribution in [0.25, 0.3) is 10.4 Å². The number of hydrogen-bond donors (Lipinski definition) is 1. The van der Waals surface area contributed by atoms with E-state index < -0.39 is 4.92 Å². The molecular weight excluding hydrogens is 276 g/mol. The highest BCUT2D eigenvalue weighted by atomic mass is 16.6. The van der Waals surface area contributed by atoms with Gasteiger partial charge >= 0.3 is 0 Å². The van der Waals surface area contributed by atoms with Crippen molar-refractivity contribution in [3.63, 3.8) is 0 Å². The van der Waals surface area contributed by atoms with Gasteiger partial charge < -0.3 is 10.0 Å². The summed E-state index contributed by atoms with van der Waals surface area (Å²) < 4.78 is 0. The number of β-amino-alcohol motifs (C(OH)–C–C–N with tert-alkyl or cyclic N) is 1. The van der Waals surface area contributed by atoms with Crippen molar-refractivity contribution >= 4 is 17.1 Å². The van der Waals surface area contributed by atoms with Gasteiger partial charge in [0.2, 0.25) is 0 Å². The second-order valence-electron chi connectivity index (χ2n) is 4.67. The fourth-order valence-corrected chi connectivity index (χ4v) is 2.39. The van der Waals surface area contributed by atoms with Gasteiger partial charge in [0.15, 0.2) is 0 Å². The van der Waals surface area contributed by atoms with Gasteiger partial charge in [-0.3, -0.25) is 15.0 Å². The number of aliphatic hydroxyl groups excluding tert-OH is 1. The van der Waals surface area contributed by atoms with Crippen LogP contribution in [-0.2, 0) is 0 Å². The van der Waals surface area contributed by atoms with Crippen molar-refractivity contribution in [3.8, 4) is 0 Å². The number of nitrogens with zero attached hydrogens (tertiary/aromatic N) is 6. The van der Waals surface area contributed by atoms with E-state index in [1.807, 2.05) is 4.90 Å². The number of azide groups is 1. The van der Waals surface area contributed by atoms with E-state index in [1.54, 1.807) is 12.1 Å². The SMILES string of the molecule is [N-]=[N+]=Nc1ccc(N2CCN(CCO)CC2)c([N+](=O)[O-])c1. The molecule has 21 heavy (non-hydrogen) atoms. The molecule has 0 atom stereocenters. The van der Waals surface area contributed by atoms with Crippen molar-refractivity contribution < 1.29 is 10.0 Å². The summed E-state index contributed by atoms with van der Waals surface area (Å²) in [6.07, 6.45) is 0. The smallest absolute Gasteiger partial charge is 0.292 e. The molecule has 1 aromatic rings. The van der Waals surface area contributed by atoms with Gasteiger partial charge in [-0.1, -0.05) is 11.2 Å². The van der Waals surface area contributed by atoms with Crippen LogP contribution in [0.3, 0.4) is 0 Å². The number of hydrogen-bond acceptors (Lipinski definition) is 6. The molecule has 1 N–H and O–H groups in total. The quantitative estimate of drug-likeness (QED) is 0.291. The van der Waals surface area contributed by atoms with Crippen LogP contribution in [0.2, 0.25) is 0 Å². The van der Waals surface area contributed by atoms with Gasteiger partial charge in [0.25, 0.3) is 5.69 Å². The lowest BCUT2D eigenvalue weighted by Gasteiger charge is -2.35. The molecule has 2 rings (SSSR count). The van der Waals surface area contributed by atoms with Crippen molar-refractivity contribution in [1.82, 2.24) is 4.90 Å². The molecule has 9 heteroatoms. The highest BCUT2D eigenvalue weighted by Crippen LogP contribution is 2.32. The molecule has 0 spiro atoms. The van der Waals surface area contributed by atoms with E-state index in [9.17, 15) is 10.1 Å². The summed E-state index contributed by atoms with van der Waals surface area (Å²) in [5.74, 6) is 0. The monoisotopic (exact) mass is 292 g/mol. The molecule has 1 aliphatic heterocycles. The summed E-state index contributed by atoms with van der Waals surface area (Å²) in [4.78, 5) is 17.4. The molecule has 0 aliphatic carbocycles. The molecule has 1 aliphatic rings. The van der Waals surface area contributed by atoms with Gasteiger partial charge in [-0.15, -0.1) is 0 Å². The molecular formula is C12H16N6O3. The van der Waals surface area contributed by atoms with Crippen LogP contribution in [0.1, 0.15) is 0 Å². The van der Waals surface area contributed by atoms with Crippen LogP contribution < -0.4 is 4.90 Å². The minimum Gasteiger partial charge on any atom is -0.395 e. The fraction of sp³-hybridized carbons (Fsp3) is 0.500. The Kier molecular flexibility index (Phi) is 4.94. The number of nitro groups is 1. The summed E-state index contributed by atoms with van der Waals surface area (Å²) in [6.45, 7) is 3.53. The first kappa shape index (κ1) is 15.0. The van der Waals surface area contributed by atoms with Crippen LogP contribution >= 0.6 is 0 Å². The number of rotatable bonds is 5. The van der Waals surface area contributed by atoms with E-state index in [0.29, 0.717) is 25.3 Å². The predicted molar refractivity (Wildman–Crippen MR) is 77.6 cm³/mol. The van der Waals surface area contributed by atoms with Crippen molar-refractivity contribution in [3.05, 3.63) is 38.8 Å². The zero-order valence-electron chi connectivity index (χ0n) is 11.4. The largest absolute Gasteiger partial charge is 0.395 e. The molecule has 0 unspecified atom stereocenters. The third-order valence-electron chi connectivity index (χ3n) is 3.45. The Hall–Kier alpha value is -2.35. The topological polar surface area (TPSA) is 119 Å². The van der Waals surface area contributed by atoms with Gasteiger partial charge in [-0.2, -0.15) is 0 Å². The molecule has 0 radical (unpaired) electrons. The molecule has 1 saturated heterocycles. The zero-order valence-corrected chi connectivity index (χ0v) is 11.4. The van der Waals surface area contributed by atoms with E-state index in [-0.39, 0.29) is 18.0 Å². The summed E-state index contributed by atoms with van der Waals surface area (Å²) in [5, 5.41) is 23.5. The van der Waals surface area contributed by atoms with Crippen LogP contribution in [0, 0.1) is 10.1 Å². The van der Waals surface area contributed by atoms with E-state index in [1.165, 1.54) is 6.07 Å². The number of benzene rings is 1. The zero-order chi connectivity index (χ0) is 15.2. The highest BCUT2D eigenvalue weighted by Gasteiger charge is 2.23. The molecule has 0 amide bonds. The minimum atomic E-state index is -0.466. The van der Waals surface area contributed by atoms with E-state index in [0.717, 1.165) is 13.1 Å². The van der Waals surface area contributed by atoms with Crippen LogP contribution in [0.5, 0.6) is 0 Å². The molecule has 1 fully saturated rings. The third kappa shape index (κ3) is 3.60. The first-order valence-electron chi connectivity index (χ1n) is 6.57. The fourth-order valence-electron chi connectivity index (χ4n) is 2.39. The standard InChI is InChI=1S/C12H16N6O3/c13-15-14-10-1-2-11(12(9-10)18(20)21)17-5-3-16(4-6-17)7-8-19/h1-2,9,19H,3-8H2. The van der Waals surface area contributed by atoms with Gasteiger partial charge in [0.05, 0.1) is 11.5 Å². The summed E-state index contributed by atoms with van der Waals surface area (Å²) in [5.41, 5.74) is 9.10. The Morgan fingerprint density at radius 3 is 2.67 bits per heavy atom. The molecule has 0 saturated carbocycles. The van der Waals surface area contributed by atoms with E-state index in [4.69, 9.17) is 10.6 Å². The average molecular weight is 292 g/mol. The van der Waals surface area contributed by atoms with Gasteiger partial charge in [-0.05, 0) is 11.6 Å². The molecule has 0 aromatic heterocycles. The van der Waals surface area contributed by atoms with Crippen molar-refractivity contribution in [2.75, 3.05) is 44.2 Å². The highest BCUT2D eigenvalue weighted by molar-refractivity contribution is 5.68. The molecule has 0 bridgehead atoms. The second kappa shape index (κ2) is 6.89. The number of aliphatic hydroxyl groups is 1. The van der Waals surface area contributed by atoms with E-state index in [2.05, 4.69) is 14.9 Å².